The summed E-state index contributed by atoms with van der Waals surface area (Å²) in [4.78, 5) is 12.4. The molecule has 2 heterocycles. The molecular weight excluding hydrogens is 354 g/mol. The van der Waals surface area contributed by atoms with Crippen LogP contribution in [0.3, 0.4) is 0 Å². The number of hydrogen-bond acceptors (Lipinski definition) is 4. The maximum atomic E-state index is 12.4. The summed E-state index contributed by atoms with van der Waals surface area (Å²) in [6.45, 7) is 7.63. The first kappa shape index (κ1) is 19.6. The highest BCUT2D eigenvalue weighted by Gasteiger charge is 2.55. The molecule has 1 saturated heterocycles. The Hall–Kier alpha value is -1.75. The topological polar surface area (TPSA) is 60.7 Å². The Morgan fingerprint density at radius 1 is 1.29 bits per heavy atom. The fraction of sp³-hybridized carbons (Fsp3) is 0.696. The molecule has 0 unspecified atom stereocenters. The van der Waals surface area contributed by atoms with E-state index in [2.05, 4.69) is 32.2 Å². The molecule has 0 aromatic carbocycles. The molecule has 2 aliphatic carbocycles. The van der Waals surface area contributed by atoms with Gasteiger partial charge in [0.1, 0.15) is 18.5 Å². The summed E-state index contributed by atoms with van der Waals surface area (Å²) in [5.41, 5.74) is 1.14. The minimum absolute atomic E-state index is 0.0714. The maximum absolute atomic E-state index is 12.4. The number of alkyl carbamates (subject to hydrolysis) is 1. The molecule has 5 heteroatoms. The van der Waals surface area contributed by atoms with E-state index in [0.717, 1.165) is 18.6 Å². The summed E-state index contributed by atoms with van der Waals surface area (Å²) in [7, 11) is 0. The quantitative estimate of drug-likeness (QED) is 0.717. The third-order valence-electron chi connectivity index (χ3n) is 7.47. The fourth-order valence-electron chi connectivity index (χ4n) is 5.62. The molecule has 2 fully saturated rings. The first-order valence-electron chi connectivity index (χ1n) is 10.8. The van der Waals surface area contributed by atoms with Crippen LogP contribution in [-0.4, -0.2) is 25.3 Å². The third-order valence-corrected chi connectivity index (χ3v) is 7.47. The zero-order valence-electron chi connectivity index (χ0n) is 17.3. The van der Waals surface area contributed by atoms with Crippen molar-refractivity contribution in [3.05, 3.63) is 35.8 Å². The van der Waals surface area contributed by atoms with Crippen LogP contribution < -0.4 is 5.32 Å². The lowest BCUT2D eigenvalue weighted by molar-refractivity contribution is -0.170. The molecule has 1 amide bonds. The standard InChI is InChI=1S/C23H33NO4/c1-15-12-16(2)23(14-28-22(25)24-18-8-5-4-6-9-18)13-27-21(20(15)17(23)3)19-10-7-11-26-19/h7,10-12,16-18,20-21H,4-6,8-9,13-14H2,1-3H3,(H,24,25)/t16-,17+,20+,21+,23+/m0/s1. The average Bonchev–Trinajstić information content (AvgIpc) is 3.21. The molecule has 5 nitrogen and oxygen atoms in total. The Kier molecular flexibility index (Phi) is 5.55. The molecular formula is C23H33NO4. The van der Waals surface area contributed by atoms with Crippen molar-refractivity contribution < 1.29 is 18.7 Å². The van der Waals surface area contributed by atoms with Crippen LogP contribution in [0.15, 0.2) is 34.5 Å². The van der Waals surface area contributed by atoms with Gasteiger partial charge in [0.25, 0.3) is 0 Å². The Balaban J connectivity index is 1.46. The Bertz CT molecular complexity index is 706. The highest BCUT2D eigenvalue weighted by molar-refractivity contribution is 5.67. The van der Waals surface area contributed by atoms with Gasteiger partial charge in [-0.15, -0.1) is 0 Å². The van der Waals surface area contributed by atoms with Gasteiger partial charge in [0.15, 0.2) is 0 Å². The predicted molar refractivity (Wildman–Crippen MR) is 107 cm³/mol. The van der Waals surface area contributed by atoms with Gasteiger partial charge in [-0.25, -0.2) is 4.79 Å². The third kappa shape index (κ3) is 3.49. The molecule has 3 aliphatic rings. The van der Waals surface area contributed by atoms with E-state index >= 15 is 0 Å². The van der Waals surface area contributed by atoms with Gasteiger partial charge in [-0.2, -0.15) is 0 Å². The van der Waals surface area contributed by atoms with E-state index in [0.29, 0.717) is 25.0 Å². The molecule has 0 spiro atoms. The van der Waals surface area contributed by atoms with Crippen molar-refractivity contribution in [2.75, 3.05) is 13.2 Å². The average molecular weight is 388 g/mol. The number of ether oxygens (including phenoxy) is 2. The number of hydrogen-bond donors (Lipinski definition) is 1. The van der Waals surface area contributed by atoms with E-state index in [1.54, 1.807) is 6.26 Å². The number of carbonyl (C=O) groups is 1. The van der Waals surface area contributed by atoms with E-state index < -0.39 is 0 Å². The van der Waals surface area contributed by atoms with Crippen LogP contribution in [0.4, 0.5) is 4.79 Å². The number of nitrogens with one attached hydrogen (secondary N) is 1. The lowest BCUT2D eigenvalue weighted by Crippen LogP contribution is -2.55. The van der Waals surface area contributed by atoms with Crippen molar-refractivity contribution in [2.24, 2.45) is 23.2 Å². The van der Waals surface area contributed by atoms with Crippen LogP contribution >= 0.6 is 0 Å². The first-order valence-corrected chi connectivity index (χ1v) is 10.8. The van der Waals surface area contributed by atoms with Crippen LogP contribution in [0.2, 0.25) is 0 Å². The van der Waals surface area contributed by atoms with Crippen LogP contribution in [0.5, 0.6) is 0 Å². The fourth-order valence-corrected chi connectivity index (χ4v) is 5.62. The number of amides is 1. The van der Waals surface area contributed by atoms with Gasteiger partial charge in [0.2, 0.25) is 0 Å². The minimum atomic E-state index is -0.281. The van der Waals surface area contributed by atoms with Crippen molar-refractivity contribution >= 4 is 6.09 Å². The van der Waals surface area contributed by atoms with E-state index in [1.165, 1.54) is 24.8 Å². The molecule has 1 N–H and O–H groups in total. The molecule has 1 aliphatic heterocycles. The van der Waals surface area contributed by atoms with Crippen LogP contribution in [0.25, 0.3) is 0 Å². The normalized spacial score (nSPS) is 35.9. The van der Waals surface area contributed by atoms with Gasteiger partial charge in [0.05, 0.1) is 12.9 Å². The molecule has 1 aromatic rings. The van der Waals surface area contributed by atoms with Crippen molar-refractivity contribution in [3.63, 3.8) is 0 Å². The number of furan rings is 1. The van der Waals surface area contributed by atoms with Gasteiger partial charge in [-0.1, -0.05) is 44.8 Å². The molecule has 0 radical (unpaired) electrons. The summed E-state index contributed by atoms with van der Waals surface area (Å²) in [5.74, 6) is 1.74. The summed E-state index contributed by atoms with van der Waals surface area (Å²) >= 11 is 0. The number of carbonyl (C=O) groups excluding carboxylic acids is 1. The van der Waals surface area contributed by atoms with Crippen LogP contribution in [0, 0.1) is 23.2 Å². The van der Waals surface area contributed by atoms with Gasteiger partial charge < -0.3 is 19.2 Å². The highest BCUT2D eigenvalue weighted by atomic mass is 16.6. The van der Waals surface area contributed by atoms with Gasteiger partial charge >= 0.3 is 6.09 Å². The number of allylic oxidation sites excluding steroid dienone is 1. The van der Waals surface area contributed by atoms with Gasteiger partial charge in [-0.3, -0.25) is 0 Å². The number of rotatable bonds is 4. The summed E-state index contributed by atoms with van der Waals surface area (Å²) < 4.78 is 17.8. The van der Waals surface area contributed by atoms with E-state index in [4.69, 9.17) is 13.9 Å². The van der Waals surface area contributed by atoms with Crippen molar-refractivity contribution in [1.82, 2.24) is 5.32 Å². The minimum Gasteiger partial charge on any atom is -0.467 e. The summed E-state index contributed by atoms with van der Waals surface area (Å²) in [6, 6.07) is 4.17. The predicted octanol–water partition coefficient (Wildman–Crippen LogP) is 5.24. The summed E-state index contributed by atoms with van der Waals surface area (Å²) in [5, 5.41) is 3.07. The smallest absolute Gasteiger partial charge is 0.407 e. The van der Waals surface area contributed by atoms with Gasteiger partial charge in [0, 0.05) is 17.4 Å². The molecule has 2 bridgehead atoms. The zero-order valence-corrected chi connectivity index (χ0v) is 17.3. The summed E-state index contributed by atoms with van der Waals surface area (Å²) in [6.07, 6.45) is 9.46. The second-order valence-corrected chi connectivity index (χ2v) is 9.05. The molecule has 28 heavy (non-hydrogen) atoms. The molecule has 4 rings (SSSR count). The molecule has 1 aromatic heterocycles. The van der Waals surface area contributed by atoms with Crippen LogP contribution in [-0.2, 0) is 9.47 Å². The van der Waals surface area contributed by atoms with Crippen molar-refractivity contribution in [1.29, 1.82) is 0 Å². The van der Waals surface area contributed by atoms with Gasteiger partial charge in [-0.05, 0) is 43.7 Å². The van der Waals surface area contributed by atoms with E-state index in [1.807, 2.05) is 12.1 Å². The lowest BCUT2D eigenvalue weighted by atomic mass is 9.56. The highest BCUT2D eigenvalue weighted by Crippen LogP contribution is 2.56. The second-order valence-electron chi connectivity index (χ2n) is 9.05. The lowest BCUT2D eigenvalue weighted by Gasteiger charge is -2.54. The largest absolute Gasteiger partial charge is 0.467 e. The Morgan fingerprint density at radius 2 is 2.07 bits per heavy atom. The molecule has 5 atom stereocenters. The zero-order chi connectivity index (χ0) is 19.7. The van der Waals surface area contributed by atoms with Crippen molar-refractivity contribution in [2.45, 2.75) is 65.0 Å². The Labute approximate surface area is 167 Å². The van der Waals surface area contributed by atoms with Crippen molar-refractivity contribution in [3.8, 4) is 0 Å². The first-order chi connectivity index (χ1) is 13.5. The SMILES string of the molecule is CC1=C[C@H](C)[C@]2(COC(=O)NC3CCCCC3)CO[C@H](c3ccco3)[C@H]1[C@H]2C. The Morgan fingerprint density at radius 3 is 2.79 bits per heavy atom. The maximum Gasteiger partial charge on any atom is 0.407 e. The van der Waals surface area contributed by atoms with Crippen LogP contribution in [0.1, 0.15) is 64.7 Å². The molecule has 154 valence electrons. The van der Waals surface area contributed by atoms with E-state index in [9.17, 15) is 4.79 Å². The number of fused-ring (bicyclic) bond motifs is 2. The second kappa shape index (κ2) is 7.94. The van der Waals surface area contributed by atoms with E-state index in [-0.39, 0.29) is 29.6 Å². The molecule has 1 saturated carbocycles. The monoisotopic (exact) mass is 387 g/mol.